The van der Waals surface area contributed by atoms with Crippen molar-refractivity contribution in [2.24, 2.45) is 0 Å². The van der Waals surface area contributed by atoms with Crippen molar-refractivity contribution in [2.45, 2.75) is 13.8 Å². The summed E-state index contributed by atoms with van der Waals surface area (Å²) in [6, 6.07) is 12.0. The molecule has 174 valence electrons. The van der Waals surface area contributed by atoms with E-state index in [9.17, 15) is 9.59 Å². The zero-order chi connectivity index (χ0) is 22.6. The molecule has 0 spiro atoms. The minimum absolute atomic E-state index is 0. The van der Waals surface area contributed by atoms with Gasteiger partial charge in [0.2, 0.25) is 5.91 Å². The molecule has 1 N–H and O–H groups in total. The van der Waals surface area contributed by atoms with Crippen LogP contribution in [0.3, 0.4) is 0 Å². The van der Waals surface area contributed by atoms with Crippen LogP contribution in [0, 0.1) is 0 Å². The van der Waals surface area contributed by atoms with Crippen molar-refractivity contribution in [3.63, 3.8) is 0 Å². The Labute approximate surface area is 195 Å². The molecule has 0 aliphatic rings. The molecular formula is C24H31ClN2O5. The van der Waals surface area contributed by atoms with Crippen LogP contribution in [0.15, 0.2) is 48.5 Å². The summed E-state index contributed by atoms with van der Waals surface area (Å²) in [6.45, 7) is 7.04. The van der Waals surface area contributed by atoms with E-state index in [1.807, 2.05) is 6.07 Å². The van der Waals surface area contributed by atoms with Crippen LogP contribution in [0.1, 0.15) is 29.8 Å². The van der Waals surface area contributed by atoms with E-state index < -0.39 is 0 Å². The highest BCUT2D eigenvalue weighted by Crippen LogP contribution is 2.28. The third kappa shape index (κ3) is 8.24. The molecule has 32 heavy (non-hydrogen) atoms. The number of hydrogen-bond acceptors (Lipinski definition) is 6. The summed E-state index contributed by atoms with van der Waals surface area (Å²) in [4.78, 5) is 26.5. The van der Waals surface area contributed by atoms with E-state index in [-0.39, 0.29) is 24.3 Å². The molecule has 0 bridgehead atoms. The highest BCUT2D eigenvalue weighted by Gasteiger charge is 2.09. The lowest BCUT2D eigenvalue weighted by Gasteiger charge is -2.17. The summed E-state index contributed by atoms with van der Waals surface area (Å²) in [7, 11) is 3.13. The van der Waals surface area contributed by atoms with Crippen LogP contribution in [-0.4, -0.2) is 57.2 Å². The van der Waals surface area contributed by atoms with Gasteiger partial charge in [0, 0.05) is 18.3 Å². The molecule has 0 heterocycles. The number of nitrogens with one attached hydrogen (secondary N) is 1. The third-order valence-electron chi connectivity index (χ3n) is 4.76. The van der Waals surface area contributed by atoms with Crippen LogP contribution < -0.4 is 14.8 Å². The number of carbonyl (C=O) groups excluding carboxylic acids is 2. The van der Waals surface area contributed by atoms with Gasteiger partial charge in [0.1, 0.15) is 6.61 Å². The standard InChI is InChI=1S/C24H30N2O5.ClH/c1-5-26(6-2)15-16-31-24(28)19-9-11-20(12-10-19)25-23(27)14-8-18-7-13-21(29-3)22(17-18)30-4;/h7-14,17H,5-6,15-16H2,1-4H3,(H,25,27);1H/b14-8+;. The SMILES string of the molecule is CCN(CC)CCOC(=O)c1ccc(NC(=O)/C=C/c2ccc(OC)c(OC)c2)cc1.Cl. The van der Waals surface area contributed by atoms with Gasteiger partial charge in [-0.05, 0) is 61.1 Å². The predicted octanol–water partition coefficient (Wildman–Crippen LogP) is 4.28. The largest absolute Gasteiger partial charge is 0.493 e. The number of nitrogens with zero attached hydrogens (tertiary/aromatic N) is 1. The van der Waals surface area contributed by atoms with Gasteiger partial charge in [-0.15, -0.1) is 12.4 Å². The smallest absolute Gasteiger partial charge is 0.338 e. The van der Waals surface area contributed by atoms with Gasteiger partial charge in [0.05, 0.1) is 19.8 Å². The molecule has 7 nitrogen and oxygen atoms in total. The van der Waals surface area contributed by atoms with E-state index in [4.69, 9.17) is 14.2 Å². The fourth-order valence-corrected chi connectivity index (χ4v) is 2.89. The number of amides is 1. The number of anilines is 1. The highest BCUT2D eigenvalue weighted by molar-refractivity contribution is 6.02. The minimum atomic E-state index is -0.376. The molecule has 2 aromatic rings. The van der Waals surface area contributed by atoms with Crippen molar-refractivity contribution in [3.8, 4) is 11.5 Å². The van der Waals surface area contributed by atoms with Crippen molar-refractivity contribution < 1.29 is 23.8 Å². The zero-order valence-corrected chi connectivity index (χ0v) is 19.7. The molecule has 0 aliphatic heterocycles. The van der Waals surface area contributed by atoms with Gasteiger partial charge in [0.15, 0.2) is 11.5 Å². The number of esters is 1. The molecule has 0 unspecified atom stereocenters. The number of halogens is 1. The van der Waals surface area contributed by atoms with E-state index >= 15 is 0 Å². The average molecular weight is 463 g/mol. The van der Waals surface area contributed by atoms with E-state index in [1.165, 1.54) is 6.08 Å². The summed E-state index contributed by atoms with van der Waals surface area (Å²) in [5.74, 6) is 0.545. The van der Waals surface area contributed by atoms with Gasteiger partial charge >= 0.3 is 5.97 Å². The Morgan fingerprint density at radius 2 is 1.62 bits per heavy atom. The maximum Gasteiger partial charge on any atom is 0.338 e. The maximum atomic E-state index is 12.2. The lowest BCUT2D eigenvalue weighted by molar-refractivity contribution is -0.111. The van der Waals surface area contributed by atoms with Crippen molar-refractivity contribution in [1.29, 1.82) is 0 Å². The highest BCUT2D eigenvalue weighted by atomic mass is 35.5. The van der Waals surface area contributed by atoms with Crippen molar-refractivity contribution in [3.05, 3.63) is 59.7 Å². The molecule has 0 saturated heterocycles. The monoisotopic (exact) mass is 462 g/mol. The number of likely N-dealkylation sites (N-methyl/N-ethyl adjacent to an activating group) is 1. The Morgan fingerprint density at radius 1 is 0.969 bits per heavy atom. The predicted molar refractivity (Wildman–Crippen MR) is 129 cm³/mol. The number of hydrogen-bond donors (Lipinski definition) is 1. The van der Waals surface area contributed by atoms with Crippen molar-refractivity contribution >= 4 is 36.0 Å². The molecule has 0 aliphatic carbocycles. The van der Waals surface area contributed by atoms with Gasteiger partial charge in [0.25, 0.3) is 0 Å². The number of rotatable bonds is 11. The number of carbonyl (C=O) groups is 2. The Morgan fingerprint density at radius 3 is 2.22 bits per heavy atom. The molecule has 2 aromatic carbocycles. The van der Waals surface area contributed by atoms with E-state index in [0.717, 1.165) is 18.7 Å². The second kappa shape index (κ2) is 14.1. The molecule has 0 fully saturated rings. The minimum Gasteiger partial charge on any atom is -0.493 e. The summed E-state index contributed by atoms with van der Waals surface area (Å²) in [5, 5.41) is 2.76. The van der Waals surface area contributed by atoms with Gasteiger partial charge in [-0.3, -0.25) is 4.79 Å². The first kappa shape index (κ1) is 27.0. The van der Waals surface area contributed by atoms with Crippen LogP contribution in [0.5, 0.6) is 11.5 Å². The maximum absolute atomic E-state index is 12.2. The summed E-state index contributed by atoms with van der Waals surface area (Å²) < 4.78 is 15.8. The Bertz CT molecular complexity index is 896. The lowest BCUT2D eigenvalue weighted by atomic mass is 10.2. The van der Waals surface area contributed by atoms with Crippen molar-refractivity contribution in [2.75, 3.05) is 45.8 Å². The van der Waals surface area contributed by atoms with Crippen LogP contribution in [0.2, 0.25) is 0 Å². The van der Waals surface area contributed by atoms with Gasteiger partial charge in [-0.1, -0.05) is 19.9 Å². The summed E-state index contributed by atoms with van der Waals surface area (Å²) >= 11 is 0. The topological polar surface area (TPSA) is 77.1 Å². The quantitative estimate of drug-likeness (QED) is 0.397. The van der Waals surface area contributed by atoms with Crippen LogP contribution >= 0.6 is 12.4 Å². The van der Waals surface area contributed by atoms with E-state index in [1.54, 1.807) is 56.7 Å². The van der Waals surface area contributed by atoms with Gasteiger partial charge in [-0.25, -0.2) is 4.79 Å². The summed E-state index contributed by atoms with van der Waals surface area (Å²) in [6.07, 6.45) is 3.11. The first-order valence-electron chi connectivity index (χ1n) is 10.2. The Hall–Kier alpha value is -3.03. The second-order valence-corrected chi connectivity index (χ2v) is 6.68. The number of benzene rings is 2. The number of methoxy groups -OCH3 is 2. The Kier molecular flexibility index (Phi) is 11.9. The van der Waals surface area contributed by atoms with Gasteiger partial charge in [-0.2, -0.15) is 0 Å². The van der Waals surface area contributed by atoms with E-state index in [0.29, 0.717) is 35.9 Å². The molecule has 0 saturated carbocycles. The number of ether oxygens (including phenoxy) is 3. The Balaban J connectivity index is 0.00000512. The summed E-state index contributed by atoms with van der Waals surface area (Å²) in [5.41, 5.74) is 1.83. The van der Waals surface area contributed by atoms with Gasteiger partial charge < -0.3 is 24.4 Å². The molecule has 8 heteroatoms. The molecule has 1 amide bonds. The third-order valence-corrected chi connectivity index (χ3v) is 4.76. The normalized spacial score (nSPS) is 10.5. The fraction of sp³-hybridized carbons (Fsp3) is 0.333. The molecule has 0 atom stereocenters. The first-order valence-corrected chi connectivity index (χ1v) is 10.2. The second-order valence-electron chi connectivity index (χ2n) is 6.68. The first-order chi connectivity index (χ1) is 15.0. The average Bonchev–Trinajstić information content (AvgIpc) is 2.80. The van der Waals surface area contributed by atoms with Crippen molar-refractivity contribution in [1.82, 2.24) is 4.90 Å². The van der Waals surface area contributed by atoms with Crippen LogP contribution in [0.4, 0.5) is 5.69 Å². The zero-order valence-electron chi connectivity index (χ0n) is 18.9. The fourth-order valence-electron chi connectivity index (χ4n) is 2.89. The molecule has 2 rings (SSSR count). The molecule has 0 aromatic heterocycles. The van der Waals surface area contributed by atoms with Crippen LogP contribution in [0.25, 0.3) is 6.08 Å². The van der Waals surface area contributed by atoms with Crippen LogP contribution in [-0.2, 0) is 9.53 Å². The molecule has 0 radical (unpaired) electrons. The molecular weight excluding hydrogens is 432 g/mol. The lowest BCUT2D eigenvalue weighted by Crippen LogP contribution is -2.27. The van der Waals surface area contributed by atoms with E-state index in [2.05, 4.69) is 24.1 Å².